The molecule has 2 aliphatic rings. The highest BCUT2D eigenvalue weighted by molar-refractivity contribution is 6.50. The van der Waals surface area contributed by atoms with Crippen LogP contribution in [0.2, 0.25) is 0 Å². The van der Waals surface area contributed by atoms with E-state index in [1.54, 1.807) is 0 Å². The topological polar surface area (TPSA) is 12.2 Å². The first-order chi connectivity index (χ1) is 9.66. The largest absolute Gasteiger partial charge is 0.456 e. The molecular formula is C17H19ClNO+. The van der Waals surface area contributed by atoms with E-state index in [2.05, 4.69) is 10.8 Å². The van der Waals surface area contributed by atoms with E-state index in [1.165, 1.54) is 12.0 Å². The van der Waals surface area contributed by atoms with Crippen LogP contribution in [0.25, 0.3) is 5.03 Å². The van der Waals surface area contributed by atoms with Crippen molar-refractivity contribution in [3.63, 3.8) is 0 Å². The maximum atomic E-state index is 6.63. The number of ether oxygens (including phenoxy) is 1. The van der Waals surface area contributed by atoms with E-state index >= 15 is 0 Å². The number of rotatable bonds is 1. The third-order valence-corrected chi connectivity index (χ3v) is 4.13. The second-order valence-electron chi connectivity index (χ2n) is 5.54. The molecule has 20 heavy (non-hydrogen) atoms. The average Bonchev–Trinajstić information content (AvgIpc) is 2.62. The minimum Gasteiger partial charge on any atom is -0.456 e. The van der Waals surface area contributed by atoms with Gasteiger partial charge >= 0.3 is 0 Å². The van der Waals surface area contributed by atoms with Crippen LogP contribution in [0.4, 0.5) is 0 Å². The van der Waals surface area contributed by atoms with Crippen molar-refractivity contribution in [2.24, 2.45) is 0 Å². The van der Waals surface area contributed by atoms with Crippen LogP contribution < -0.4 is 4.74 Å². The summed E-state index contributed by atoms with van der Waals surface area (Å²) in [5.41, 5.74) is 3.42. The highest BCUT2D eigenvalue weighted by Gasteiger charge is 2.27. The van der Waals surface area contributed by atoms with Gasteiger partial charge in [-0.05, 0) is 37.8 Å². The van der Waals surface area contributed by atoms with Crippen LogP contribution in [0.5, 0.6) is 5.75 Å². The minimum atomic E-state index is 0.855. The summed E-state index contributed by atoms with van der Waals surface area (Å²) in [5, 5.41) is 0.855. The zero-order valence-corrected chi connectivity index (χ0v) is 12.7. The highest BCUT2D eigenvalue weighted by Crippen LogP contribution is 2.44. The summed E-state index contributed by atoms with van der Waals surface area (Å²) in [6, 6.07) is 8.01. The van der Waals surface area contributed by atoms with Crippen molar-refractivity contribution in [1.82, 2.24) is 0 Å². The number of fused-ring (bicyclic) bond motifs is 2. The van der Waals surface area contributed by atoms with Gasteiger partial charge in [0, 0.05) is 11.1 Å². The lowest BCUT2D eigenvalue weighted by atomic mass is 10.0. The lowest BCUT2D eigenvalue weighted by Gasteiger charge is -2.23. The van der Waals surface area contributed by atoms with E-state index in [0.717, 1.165) is 46.9 Å². The fourth-order valence-corrected chi connectivity index (χ4v) is 3.16. The predicted molar refractivity (Wildman–Crippen MR) is 83.5 cm³/mol. The minimum absolute atomic E-state index is 0.855. The molecule has 0 spiro atoms. The van der Waals surface area contributed by atoms with E-state index < -0.39 is 0 Å². The van der Waals surface area contributed by atoms with Crippen LogP contribution in [-0.2, 0) is 0 Å². The van der Waals surface area contributed by atoms with Gasteiger partial charge in [0.2, 0.25) is 0 Å². The summed E-state index contributed by atoms with van der Waals surface area (Å²) in [6.07, 6.45) is 6.53. The lowest BCUT2D eigenvalue weighted by Crippen LogP contribution is -2.12. The Labute approximate surface area is 125 Å². The molecule has 3 heteroatoms. The van der Waals surface area contributed by atoms with Crippen molar-refractivity contribution in [2.75, 3.05) is 14.1 Å². The van der Waals surface area contributed by atoms with Crippen LogP contribution in [0.3, 0.4) is 0 Å². The second kappa shape index (κ2) is 5.45. The van der Waals surface area contributed by atoms with E-state index in [0.29, 0.717) is 0 Å². The molecule has 1 aromatic carbocycles. The predicted octanol–water partition coefficient (Wildman–Crippen LogP) is 4.20. The molecule has 0 fully saturated rings. The number of allylic oxidation sites excluding steroid dienone is 2. The van der Waals surface area contributed by atoms with Crippen molar-refractivity contribution >= 4 is 22.8 Å². The van der Waals surface area contributed by atoms with Gasteiger partial charge in [-0.1, -0.05) is 23.7 Å². The molecule has 1 heterocycles. The molecule has 0 aromatic heterocycles. The van der Waals surface area contributed by atoms with Gasteiger partial charge in [-0.2, -0.15) is 0 Å². The van der Waals surface area contributed by atoms with Crippen LogP contribution >= 0.6 is 11.6 Å². The Morgan fingerprint density at radius 3 is 2.70 bits per heavy atom. The van der Waals surface area contributed by atoms with E-state index in [9.17, 15) is 0 Å². The maximum Gasteiger partial charge on any atom is 0.169 e. The monoisotopic (exact) mass is 288 g/mol. The Morgan fingerprint density at radius 1 is 1.15 bits per heavy atom. The third-order valence-electron chi connectivity index (χ3n) is 3.70. The lowest BCUT2D eigenvalue weighted by molar-refractivity contribution is -0.459. The zero-order chi connectivity index (χ0) is 14.1. The van der Waals surface area contributed by atoms with Gasteiger partial charge < -0.3 is 4.74 Å². The first kappa shape index (κ1) is 13.4. The van der Waals surface area contributed by atoms with Crippen LogP contribution in [0, 0.1) is 0 Å². The summed E-state index contributed by atoms with van der Waals surface area (Å²) >= 11 is 6.63. The molecule has 0 atom stereocenters. The first-order valence-corrected chi connectivity index (χ1v) is 7.45. The highest BCUT2D eigenvalue weighted by atomic mass is 35.5. The van der Waals surface area contributed by atoms with Crippen molar-refractivity contribution in [3.05, 3.63) is 46.7 Å². The van der Waals surface area contributed by atoms with Crippen LogP contribution in [0.15, 0.2) is 41.2 Å². The Bertz CT molecular complexity index is 636. The van der Waals surface area contributed by atoms with Gasteiger partial charge in [-0.3, -0.25) is 0 Å². The van der Waals surface area contributed by atoms with Crippen molar-refractivity contribution < 1.29 is 9.31 Å². The van der Waals surface area contributed by atoms with Gasteiger partial charge in [0.15, 0.2) is 6.21 Å². The van der Waals surface area contributed by atoms with E-state index in [4.69, 9.17) is 16.3 Å². The molecule has 0 saturated heterocycles. The standard InChI is InChI=1S/C17H19ClNO/c1-19(2)11-12-7-3-4-9-14-16(18)13-8-5-6-10-15(13)20-17(12)14/h5-6,8,10-11H,3-4,7,9H2,1-2H3/q+1. The SMILES string of the molecule is C[N+](C)=CC1=C2Oc3ccccc3C(Cl)=C2CCCC1. The van der Waals surface area contributed by atoms with Crippen molar-refractivity contribution in [2.45, 2.75) is 25.7 Å². The van der Waals surface area contributed by atoms with E-state index in [-0.39, 0.29) is 0 Å². The molecular weight excluding hydrogens is 270 g/mol. The Balaban J connectivity index is 2.20. The molecule has 0 saturated carbocycles. The molecule has 3 rings (SSSR count). The summed E-state index contributed by atoms with van der Waals surface area (Å²) < 4.78 is 8.25. The molecule has 1 aromatic rings. The van der Waals surface area contributed by atoms with Crippen LogP contribution in [0.1, 0.15) is 31.2 Å². The molecule has 2 nitrogen and oxygen atoms in total. The fraction of sp³-hybridized carbons (Fsp3) is 0.353. The molecule has 104 valence electrons. The van der Waals surface area contributed by atoms with Gasteiger partial charge in [0.25, 0.3) is 0 Å². The normalized spacial score (nSPS) is 17.9. The molecule has 0 unspecified atom stereocenters. The van der Waals surface area contributed by atoms with Crippen molar-refractivity contribution in [3.8, 4) is 5.75 Å². The number of para-hydroxylation sites is 1. The number of halogens is 1. The Kier molecular flexibility index (Phi) is 3.66. The number of hydrogen-bond acceptors (Lipinski definition) is 1. The molecule has 0 amide bonds. The zero-order valence-electron chi connectivity index (χ0n) is 11.9. The third kappa shape index (κ3) is 2.40. The van der Waals surface area contributed by atoms with Gasteiger partial charge in [0.05, 0.1) is 10.6 Å². The summed E-state index contributed by atoms with van der Waals surface area (Å²) in [4.78, 5) is 0. The fourth-order valence-electron chi connectivity index (χ4n) is 2.82. The average molecular weight is 289 g/mol. The van der Waals surface area contributed by atoms with E-state index in [1.807, 2.05) is 38.4 Å². The van der Waals surface area contributed by atoms with Crippen LogP contribution in [-0.4, -0.2) is 24.9 Å². The van der Waals surface area contributed by atoms with Gasteiger partial charge in [-0.15, -0.1) is 0 Å². The number of hydrogen-bond donors (Lipinski definition) is 0. The molecule has 1 aliphatic carbocycles. The maximum absolute atomic E-state index is 6.63. The Morgan fingerprint density at radius 2 is 1.90 bits per heavy atom. The summed E-state index contributed by atoms with van der Waals surface area (Å²) in [7, 11) is 4.08. The molecule has 0 N–H and O–H groups in total. The number of nitrogens with zero attached hydrogens (tertiary/aromatic N) is 1. The quantitative estimate of drug-likeness (QED) is 0.557. The Hall–Kier alpha value is -1.54. The number of benzene rings is 1. The van der Waals surface area contributed by atoms with Crippen molar-refractivity contribution in [1.29, 1.82) is 0 Å². The molecule has 0 radical (unpaired) electrons. The second-order valence-corrected chi connectivity index (χ2v) is 5.92. The molecule has 0 bridgehead atoms. The smallest absolute Gasteiger partial charge is 0.169 e. The van der Waals surface area contributed by atoms with Gasteiger partial charge in [0.1, 0.15) is 25.6 Å². The summed E-state index contributed by atoms with van der Waals surface area (Å²) in [6.45, 7) is 0. The molecule has 1 aliphatic heterocycles. The first-order valence-electron chi connectivity index (χ1n) is 7.07. The van der Waals surface area contributed by atoms with Gasteiger partial charge in [-0.25, -0.2) is 4.58 Å². The summed E-state index contributed by atoms with van der Waals surface area (Å²) in [5.74, 6) is 1.84.